The number of carbonyl (C=O) groups is 2. The summed E-state index contributed by atoms with van der Waals surface area (Å²) in [6.45, 7) is 5.54. The van der Waals surface area contributed by atoms with Crippen molar-refractivity contribution in [3.63, 3.8) is 0 Å². The average molecular weight is 327 g/mol. The molecule has 1 aromatic carbocycles. The molecule has 0 spiro atoms. The second-order valence-electron chi connectivity index (χ2n) is 6.24. The highest BCUT2D eigenvalue weighted by Crippen LogP contribution is 2.22. The van der Waals surface area contributed by atoms with Crippen LogP contribution in [0.15, 0.2) is 18.2 Å². The molecule has 2 atom stereocenters. The predicted octanol–water partition coefficient (Wildman–Crippen LogP) is 3.32. The Morgan fingerprint density at radius 3 is 2.39 bits per heavy atom. The van der Waals surface area contributed by atoms with E-state index in [1.54, 1.807) is 6.92 Å². The quantitative estimate of drug-likeness (QED) is 0.770. The lowest BCUT2D eigenvalue weighted by Crippen LogP contribution is -2.34. The van der Waals surface area contributed by atoms with E-state index in [1.807, 2.05) is 13.8 Å². The van der Waals surface area contributed by atoms with E-state index in [1.165, 1.54) is 6.07 Å². The summed E-state index contributed by atoms with van der Waals surface area (Å²) in [4.78, 5) is 23.0. The van der Waals surface area contributed by atoms with Gasteiger partial charge in [0.05, 0.1) is 5.92 Å². The first-order valence-electron chi connectivity index (χ1n) is 7.65. The van der Waals surface area contributed by atoms with Crippen molar-refractivity contribution in [1.29, 1.82) is 0 Å². The van der Waals surface area contributed by atoms with Crippen LogP contribution < -0.4 is 5.32 Å². The molecule has 2 unspecified atom stereocenters. The van der Waals surface area contributed by atoms with E-state index in [4.69, 9.17) is 5.11 Å². The van der Waals surface area contributed by atoms with Crippen molar-refractivity contribution >= 4 is 11.9 Å². The van der Waals surface area contributed by atoms with Crippen molar-refractivity contribution in [2.75, 3.05) is 6.54 Å². The third-order valence-electron chi connectivity index (χ3n) is 3.64. The van der Waals surface area contributed by atoms with E-state index in [0.29, 0.717) is 6.42 Å². The Bertz CT molecular complexity index is 561. The van der Waals surface area contributed by atoms with Crippen LogP contribution in [-0.4, -0.2) is 23.5 Å². The van der Waals surface area contributed by atoms with Crippen molar-refractivity contribution in [3.05, 3.63) is 35.4 Å². The zero-order valence-electron chi connectivity index (χ0n) is 13.6. The molecule has 0 aliphatic rings. The van der Waals surface area contributed by atoms with Crippen LogP contribution in [-0.2, 0) is 9.59 Å². The first kappa shape index (κ1) is 19.1. The second-order valence-corrected chi connectivity index (χ2v) is 6.24. The van der Waals surface area contributed by atoms with Gasteiger partial charge in [-0.3, -0.25) is 9.59 Å². The van der Waals surface area contributed by atoms with Crippen LogP contribution in [0.5, 0.6) is 0 Å². The van der Waals surface area contributed by atoms with Gasteiger partial charge in [0.15, 0.2) is 0 Å². The minimum Gasteiger partial charge on any atom is -0.481 e. The zero-order chi connectivity index (χ0) is 17.6. The van der Waals surface area contributed by atoms with Gasteiger partial charge < -0.3 is 10.4 Å². The average Bonchev–Trinajstić information content (AvgIpc) is 2.42. The molecule has 0 radical (unpaired) electrons. The monoisotopic (exact) mass is 327 g/mol. The van der Waals surface area contributed by atoms with Crippen LogP contribution in [0.3, 0.4) is 0 Å². The van der Waals surface area contributed by atoms with Crippen LogP contribution in [0.25, 0.3) is 0 Å². The topological polar surface area (TPSA) is 66.4 Å². The summed E-state index contributed by atoms with van der Waals surface area (Å²) >= 11 is 0. The van der Waals surface area contributed by atoms with E-state index in [-0.39, 0.29) is 30.4 Å². The van der Waals surface area contributed by atoms with Crippen LogP contribution in [0.2, 0.25) is 0 Å². The number of carboxylic acid groups (broad SMARTS) is 1. The molecule has 128 valence electrons. The van der Waals surface area contributed by atoms with Gasteiger partial charge in [-0.1, -0.05) is 26.8 Å². The highest BCUT2D eigenvalue weighted by atomic mass is 19.1. The Morgan fingerprint density at radius 2 is 1.87 bits per heavy atom. The van der Waals surface area contributed by atoms with E-state index < -0.39 is 29.4 Å². The number of nitrogens with one attached hydrogen (secondary N) is 1. The minimum absolute atomic E-state index is 0.0105. The van der Waals surface area contributed by atoms with Crippen LogP contribution in [0, 0.1) is 23.5 Å². The number of hydrogen-bond acceptors (Lipinski definition) is 2. The maximum Gasteiger partial charge on any atom is 0.308 e. The Labute approximate surface area is 134 Å². The van der Waals surface area contributed by atoms with E-state index >= 15 is 0 Å². The molecule has 0 aliphatic carbocycles. The molecule has 0 heterocycles. The van der Waals surface area contributed by atoms with Gasteiger partial charge in [-0.2, -0.15) is 0 Å². The third-order valence-corrected chi connectivity index (χ3v) is 3.64. The van der Waals surface area contributed by atoms with Gasteiger partial charge >= 0.3 is 5.97 Å². The summed E-state index contributed by atoms with van der Waals surface area (Å²) in [5.74, 6) is -3.51. The number of halogens is 2. The van der Waals surface area contributed by atoms with Crippen LogP contribution >= 0.6 is 0 Å². The smallest absolute Gasteiger partial charge is 0.308 e. The number of carboxylic acids is 1. The highest BCUT2D eigenvalue weighted by molar-refractivity contribution is 5.78. The normalized spacial score (nSPS) is 13.7. The third kappa shape index (κ3) is 6.34. The molecule has 0 aliphatic heterocycles. The van der Waals surface area contributed by atoms with Gasteiger partial charge in [-0.05, 0) is 29.9 Å². The fourth-order valence-electron chi connectivity index (χ4n) is 2.44. The van der Waals surface area contributed by atoms with Gasteiger partial charge in [0.25, 0.3) is 0 Å². The highest BCUT2D eigenvalue weighted by Gasteiger charge is 2.21. The molecular formula is C17H23F2NO3. The number of hydrogen-bond donors (Lipinski definition) is 2. The van der Waals surface area contributed by atoms with Crippen molar-refractivity contribution < 1.29 is 23.5 Å². The van der Waals surface area contributed by atoms with Crippen molar-refractivity contribution in [2.45, 2.75) is 39.5 Å². The molecular weight excluding hydrogens is 304 g/mol. The van der Waals surface area contributed by atoms with Gasteiger partial charge in [0.2, 0.25) is 5.91 Å². The molecule has 0 fully saturated rings. The van der Waals surface area contributed by atoms with E-state index in [2.05, 4.69) is 5.32 Å². The molecule has 2 N–H and O–H groups in total. The molecule has 0 bridgehead atoms. The zero-order valence-corrected chi connectivity index (χ0v) is 13.6. The summed E-state index contributed by atoms with van der Waals surface area (Å²) in [5, 5.41) is 11.7. The summed E-state index contributed by atoms with van der Waals surface area (Å²) < 4.78 is 26.6. The lowest BCUT2D eigenvalue weighted by Gasteiger charge is -2.17. The van der Waals surface area contributed by atoms with Gasteiger partial charge in [-0.25, -0.2) is 8.78 Å². The molecule has 1 rings (SSSR count). The number of aliphatic carboxylic acids is 1. The van der Waals surface area contributed by atoms with Crippen LogP contribution in [0.4, 0.5) is 8.78 Å². The summed E-state index contributed by atoms with van der Waals surface area (Å²) in [7, 11) is 0. The first-order valence-corrected chi connectivity index (χ1v) is 7.65. The molecule has 0 saturated carbocycles. The Kier molecular flexibility index (Phi) is 7.13. The lowest BCUT2D eigenvalue weighted by atomic mass is 9.95. The summed E-state index contributed by atoms with van der Waals surface area (Å²) in [6.07, 6.45) is 0.480. The summed E-state index contributed by atoms with van der Waals surface area (Å²) in [5.41, 5.74) is 0.263. The molecule has 23 heavy (non-hydrogen) atoms. The lowest BCUT2D eigenvalue weighted by molar-refractivity contribution is -0.142. The Morgan fingerprint density at radius 1 is 1.22 bits per heavy atom. The molecule has 0 saturated heterocycles. The largest absolute Gasteiger partial charge is 0.481 e. The first-order chi connectivity index (χ1) is 10.7. The SMILES string of the molecule is CC(C)CC(CNC(=O)CC(C)c1ccc(F)cc1F)C(=O)O. The van der Waals surface area contributed by atoms with Gasteiger partial charge in [0, 0.05) is 19.0 Å². The predicted molar refractivity (Wildman–Crippen MR) is 83.0 cm³/mol. The number of carbonyl (C=O) groups excluding carboxylic acids is 1. The van der Waals surface area contributed by atoms with Crippen molar-refractivity contribution in [1.82, 2.24) is 5.32 Å². The molecule has 6 heteroatoms. The van der Waals surface area contributed by atoms with Crippen molar-refractivity contribution in [3.8, 4) is 0 Å². The molecule has 1 amide bonds. The second kappa shape index (κ2) is 8.60. The van der Waals surface area contributed by atoms with Crippen LogP contribution in [0.1, 0.15) is 45.1 Å². The maximum atomic E-state index is 13.7. The molecule has 4 nitrogen and oxygen atoms in total. The fourth-order valence-corrected chi connectivity index (χ4v) is 2.44. The summed E-state index contributed by atoms with van der Waals surface area (Å²) in [6, 6.07) is 3.25. The van der Waals surface area contributed by atoms with E-state index in [9.17, 15) is 18.4 Å². The Balaban J connectivity index is 2.56. The number of rotatable bonds is 8. The van der Waals surface area contributed by atoms with Gasteiger partial charge in [-0.15, -0.1) is 0 Å². The maximum absolute atomic E-state index is 13.7. The standard InChI is InChI=1S/C17H23F2NO3/c1-10(2)6-12(17(22)23)9-20-16(21)7-11(3)14-5-4-13(18)8-15(14)19/h4-5,8,10-12H,6-7,9H2,1-3H3,(H,20,21)(H,22,23). The fraction of sp³-hybridized carbons (Fsp3) is 0.529. The molecule has 0 aromatic heterocycles. The number of benzene rings is 1. The van der Waals surface area contributed by atoms with E-state index in [0.717, 1.165) is 12.1 Å². The van der Waals surface area contributed by atoms with Gasteiger partial charge in [0.1, 0.15) is 11.6 Å². The number of amides is 1. The van der Waals surface area contributed by atoms with Crippen molar-refractivity contribution in [2.24, 2.45) is 11.8 Å². The molecule has 1 aromatic rings. The Hall–Kier alpha value is -1.98. The minimum atomic E-state index is -0.948.